The van der Waals surface area contributed by atoms with Crippen molar-refractivity contribution in [1.29, 1.82) is 0 Å². The summed E-state index contributed by atoms with van der Waals surface area (Å²) in [7, 11) is 0. The van der Waals surface area contributed by atoms with E-state index >= 15 is 0 Å². The number of thiazole rings is 1. The van der Waals surface area contributed by atoms with Crippen molar-refractivity contribution in [2.45, 2.75) is 13.5 Å². The second kappa shape index (κ2) is 8.65. The Bertz CT molecular complexity index is 932. The van der Waals surface area contributed by atoms with Crippen molar-refractivity contribution in [3.63, 3.8) is 0 Å². The summed E-state index contributed by atoms with van der Waals surface area (Å²) in [5.74, 6) is -0.136. The molecule has 1 aromatic heterocycles. The van der Waals surface area contributed by atoms with Crippen LogP contribution >= 0.6 is 11.3 Å². The minimum atomic E-state index is -0.136. The molecule has 1 fully saturated rings. The molecule has 3 aromatic rings. The minimum absolute atomic E-state index is 0.136. The average Bonchev–Trinajstić information content (AvgIpc) is 3.12. The minimum Gasteiger partial charge on any atom is -0.379 e. The number of aryl methyl sites for hydroxylation is 1. The van der Waals surface area contributed by atoms with Crippen molar-refractivity contribution in [2.75, 3.05) is 31.6 Å². The summed E-state index contributed by atoms with van der Waals surface area (Å²) in [5.41, 5.74) is 3.86. The third kappa shape index (κ3) is 4.47. The molecule has 28 heavy (non-hydrogen) atoms. The van der Waals surface area contributed by atoms with E-state index in [9.17, 15) is 4.79 Å². The van der Waals surface area contributed by atoms with Gasteiger partial charge in [0.25, 0.3) is 5.91 Å². The Morgan fingerprint density at radius 1 is 1.11 bits per heavy atom. The first-order chi connectivity index (χ1) is 13.7. The molecule has 144 valence electrons. The quantitative estimate of drug-likeness (QED) is 0.706. The van der Waals surface area contributed by atoms with Gasteiger partial charge in [0.2, 0.25) is 0 Å². The van der Waals surface area contributed by atoms with Gasteiger partial charge in [0.15, 0.2) is 5.13 Å². The fourth-order valence-electron chi connectivity index (χ4n) is 3.17. The summed E-state index contributed by atoms with van der Waals surface area (Å²) in [5, 5.41) is 3.59. The molecule has 0 aliphatic carbocycles. The molecule has 6 heteroatoms. The van der Waals surface area contributed by atoms with Gasteiger partial charge in [-0.2, -0.15) is 0 Å². The normalized spacial score (nSPS) is 14.8. The van der Waals surface area contributed by atoms with Crippen molar-refractivity contribution in [3.05, 3.63) is 70.6 Å². The molecule has 1 aliphatic rings. The molecule has 0 bridgehead atoms. The predicted octanol–water partition coefficient (Wildman–Crippen LogP) is 4.20. The van der Waals surface area contributed by atoms with Crippen LogP contribution in [0.1, 0.15) is 20.8 Å². The van der Waals surface area contributed by atoms with Crippen LogP contribution in [0.4, 0.5) is 5.13 Å². The van der Waals surface area contributed by atoms with Crippen molar-refractivity contribution >= 4 is 22.4 Å². The van der Waals surface area contributed by atoms with Crippen molar-refractivity contribution in [3.8, 4) is 11.3 Å². The molecule has 4 rings (SSSR count). The highest BCUT2D eigenvalue weighted by atomic mass is 32.1. The molecule has 2 aromatic carbocycles. The van der Waals surface area contributed by atoms with E-state index in [1.165, 1.54) is 5.56 Å². The molecule has 1 saturated heterocycles. The maximum Gasteiger partial charge on any atom is 0.257 e. The number of morpholine rings is 1. The number of carbonyl (C=O) groups is 1. The molecule has 1 aliphatic heterocycles. The van der Waals surface area contributed by atoms with E-state index in [1.807, 2.05) is 18.2 Å². The van der Waals surface area contributed by atoms with Crippen molar-refractivity contribution in [2.24, 2.45) is 0 Å². The highest BCUT2D eigenvalue weighted by Crippen LogP contribution is 2.33. The largest absolute Gasteiger partial charge is 0.379 e. The standard InChI is InChI=1S/C22H23N3O2S/c1-16-7-9-17(10-8-16)20-19(15-25-11-13-27-14-12-25)28-22(23-20)24-21(26)18-5-3-2-4-6-18/h2-10H,11-15H2,1H3,(H,23,24,26). The number of amides is 1. The highest BCUT2D eigenvalue weighted by molar-refractivity contribution is 7.16. The Hall–Kier alpha value is -2.54. The van der Waals surface area contributed by atoms with Crippen molar-refractivity contribution in [1.82, 2.24) is 9.88 Å². The van der Waals surface area contributed by atoms with Crippen LogP contribution in [0.3, 0.4) is 0 Å². The Labute approximate surface area is 169 Å². The van der Waals surface area contributed by atoms with Gasteiger partial charge in [0.05, 0.1) is 18.9 Å². The van der Waals surface area contributed by atoms with E-state index in [2.05, 4.69) is 41.4 Å². The predicted molar refractivity (Wildman–Crippen MR) is 113 cm³/mol. The Morgan fingerprint density at radius 3 is 2.54 bits per heavy atom. The molecule has 2 heterocycles. The molecule has 1 amide bonds. The van der Waals surface area contributed by atoms with Crippen LogP contribution < -0.4 is 5.32 Å². The number of benzene rings is 2. The van der Waals surface area contributed by atoms with Gasteiger partial charge in [-0.15, -0.1) is 0 Å². The maximum atomic E-state index is 12.5. The van der Waals surface area contributed by atoms with Crippen LogP contribution in [0.25, 0.3) is 11.3 Å². The molecule has 0 unspecified atom stereocenters. The highest BCUT2D eigenvalue weighted by Gasteiger charge is 2.19. The number of nitrogens with zero attached hydrogens (tertiary/aromatic N) is 2. The van der Waals surface area contributed by atoms with E-state index < -0.39 is 0 Å². The van der Waals surface area contributed by atoms with Gasteiger partial charge in [-0.05, 0) is 19.1 Å². The monoisotopic (exact) mass is 393 g/mol. The number of nitrogens with one attached hydrogen (secondary N) is 1. The second-order valence-corrected chi connectivity index (χ2v) is 7.95. The summed E-state index contributed by atoms with van der Waals surface area (Å²) >= 11 is 1.55. The van der Waals surface area contributed by atoms with E-state index in [0.29, 0.717) is 10.7 Å². The van der Waals surface area contributed by atoms with E-state index in [4.69, 9.17) is 9.72 Å². The van der Waals surface area contributed by atoms with Crippen molar-refractivity contribution < 1.29 is 9.53 Å². The fraction of sp³-hybridized carbons (Fsp3) is 0.273. The van der Waals surface area contributed by atoms with Gasteiger partial charge >= 0.3 is 0 Å². The van der Waals surface area contributed by atoms with Crippen LogP contribution in [0, 0.1) is 6.92 Å². The lowest BCUT2D eigenvalue weighted by molar-refractivity contribution is 0.0347. The number of anilines is 1. The zero-order valence-electron chi connectivity index (χ0n) is 15.9. The topological polar surface area (TPSA) is 54.5 Å². The number of hydrogen-bond acceptors (Lipinski definition) is 5. The summed E-state index contributed by atoms with van der Waals surface area (Å²) in [6.45, 7) is 6.23. The van der Waals surface area contributed by atoms with Crippen LogP contribution in [0.15, 0.2) is 54.6 Å². The number of ether oxygens (including phenoxy) is 1. The first-order valence-corrected chi connectivity index (χ1v) is 10.2. The summed E-state index contributed by atoms with van der Waals surface area (Å²) in [4.78, 5) is 20.8. The lowest BCUT2D eigenvalue weighted by Crippen LogP contribution is -2.35. The Morgan fingerprint density at radius 2 is 1.82 bits per heavy atom. The third-order valence-electron chi connectivity index (χ3n) is 4.75. The van der Waals surface area contributed by atoms with Crippen LogP contribution in [-0.4, -0.2) is 42.1 Å². The smallest absolute Gasteiger partial charge is 0.257 e. The van der Waals surface area contributed by atoms with Gasteiger partial charge in [0, 0.05) is 35.6 Å². The SMILES string of the molecule is Cc1ccc(-c2nc(NC(=O)c3ccccc3)sc2CN2CCOCC2)cc1. The van der Waals surface area contributed by atoms with Crippen LogP contribution in [0.5, 0.6) is 0 Å². The lowest BCUT2D eigenvalue weighted by Gasteiger charge is -2.26. The van der Waals surface area contributed by atoms with E-state index in [-0.39, 0.29) is 5.91 Å². The Kier molecular flexibility index (Phi) is 5.81. The summed E-state index contributed by atoms with van der Waals surface area (Å²) in [6.07, 6.45) is 0. The lowest BCUT2D eigenvalue weighted by atomic mass is 10.1. The molecule has 1 N–H and O–H groups in total. The van der Waals surface area contributed by atoms with Gasteiger partial charge in [-0.25, -0.2) is 4.98 Å². The number of rotatable bonds is 5. The molecule has 0 saturated carbocycles. The molecule has 0 spiro atoms. The van der Waals surface area contributed by atoms with Gasteiger partial charge in [0.1, 0.15) is 0 Å². The molecule has 5 nitrogen and oxygen atoms in total. The second-order valence-electron chi connectivity index (χ2n) is 6.87. The number of hydrogen-bond donors (Lipinski definition) is 1. The first kappa shape index (κ1) is 18.8. The van der Waals surface area contributed by atoms with E-state index in [1.54, 1.807) is 23.5 Å². The van der Waals surface area contributed by atoms with Crippen LogP contribution in [-0.2, 0) is 11.3 Å². The Balaban J connectivity index is 1.61. The maximum absolute atomic E-state index is 12.5. The molecular formula is C22H23N3O2S. The van der Waals surface area contributed by atoms with E-state index in [0.717, 1.165) is 49.0 Å². The average molecular weight is 394 g/mol. The van der Waals surface area contributed by atoms with Gasteiger partial charge in [-0.1, -0.05) is 59.4 Å². The fourth-order valence-corrected chi connectivity index (χ4v) is 4.19. The molecular weight excluding hydrogens is 370 g/mol. The molecule has 0 atom stereocenters. The first-order valence-electron chi connectivity index (χ1n) is 9.42. The number of carbonyl (C=O) groups excluding carboxylic acids is 1. The zero-order valence-corrected chi connectivity index (χ0v) is 16.7. The van der Waals surface area contributed by atoms with Crippen LogP contribution in [0.2, 0.25) is 0 Å². The van der Waals surface area contributed by atoms with Gasteiger partial charge < -0.3 is 4.74 Å². The zero-order chi connectivity index (χ0) is 19.3. The number of aromatic nitrogens is 1. The van der Waals surface area contributed by atoms with Gasteiger partial charge in [-0.3, -0.25) is 15.0 Å². The summed E-state index contributed by atoms with van der Waals surface area (Å²) in [6, 6.07) is 17.6. The third-order valence-corrected chi connectivity index (χ3v) is 5.71. The molecule has 0 radical (unpaired) electrons. The summed E-state index contributed by atoms with van der Waals surface area (Å²) < 4.78 is 5.46.